The zero-order valence-corrected chi connectivity index (χ0v) is 13.7. The Balaban J connectivity index is 0.00000127. The van der Waals surface area contributed by atoms with Gasteiger partial charge < -0.3 is 10.1 Å². The van der Waals surface area contributed by atoms with Gasteiger partial charge in [-0.2, -0.15) is 0 Å². The smallest absolute Gasteiger partial charge is 0.326 e. The van der Waals surface area contributed by atoms with E-state index in [1.165, 1.54) is 17.0 Å². The molecular weight excluding hydrogens is 302 g/mol. The van der Waals surface area contributed by atoms with Gasteiger partial charge in [-0.05, 0) is 13.8 Å². The first-order valence-corrected chi connectivity index (χ1v) is 7.34. The monoisotopic (exact) mass is 323 g/mol. The van der Waals surface area contributed by atoms with Crippen molar-refractivity contribution in [2.24, 2.45) is 0 Å². The van der Waals surface area contributed by atoms with Crippen LogP contribution >= 0.6 is 0 Å². The van der Waals surface area contributed by atoms with Gasteiger partial charge in [0.15, 0.2) is 5.82 Å². The van der Waals surface area contributed by atoms with Crippen molar-refractivity contribution >= 4 is 11.8 Å². The molecule has 0 aliphatic carbocycles. The van der Waals surface area contributed by atoms with Crippen LogP contribution in [0.25, 0.3) is 0 Å². The maximum absolute atomic E-state index is 12.1. The third-order valence-corrected chi connectivity index (χ3v) is 2.69. The molecule has 0 spiro atoms. The van der Waals surface area contributed by atoms with Crippen LogP contribution in [-0.2, 0) is 22.6 Å². The van der Waals surface area contributed by atoms with E-state index >= 15 is 0 Å². The number of rotatable bonds is 6. The Bertz CT molecular complexity index is 680. The van der Waals surface area contributed by atoms with Crippen molar-refractivity contribution in [2.75, 3.05) is 11.9 Å². The Morgan fingerprint density at radius 3 is 2.74 bits per heavy atom. The molecule has 9 nitrogen and oxygen atoms in total. The summed E-state index contributed by atoms with van der Waals surface area (Å²) >= 11 is 0. The molecule has 0 atom stereocenters. The fraction of sp³-hybridized carbons (Fsp3) is 0.500. The highest BCUT2D eigenvalue weighted by molar-refractivity contribution is 5.69. The number of aryl methyl sites for hydroxylation is 1. The Kier molecular flexibility index (Phi) is 7.44. The molecule has 0 bridgehead atoms. The molecule has 2 aromatic heterocycles. The quantitative estimate of drug-likeness (QED) is 0.787. The molecule has 0 aromatic carbocycles. The average Bonchev–Trinajstić information content (AvgIpc) is 2.96. The summed E-state index contributed by atoms with van der Waals surface area (Å²) in [4.78, 5) is 27.5. The molecule has 2 aromatic rings. The van der Waals surface area contributed by atoms with Crippen LogP contribution in [0.15, 0.2) is 21.8 Å². The van der Waals surface area contributed by atoms with Crippen LogP contribution in [0, 0.1) is 6.92 Å². The minimum absolute atomic E-state index is 0.115. The summed E-state index contributed by atoms with van der Waals surface area (Å²) in [6, 6.07) is 0. The zero-order chi connectivity index (χ0) is 17.2. The molecule has 126 valence electrons. The standard InChI is InChI=1S/C12H15N5O4.C2H6/c1-3-20-10(18)7-17-5-4-13-11(12(17)19)14-6-9-8(2)15-21-16-9;1-2/h4-5H,3,6-7H2,1-2H3,(H,13,14);1-2H3. The summed E-state index contributed by atoms with van der Waals surface area (Å²) in [5.41, 5.74) is 0.793. The molecule has 0 amide bonds. The van der Waals surface area contributed by atoms with Crippen LogP contribution in [0.5, 0.6) is 0 Å². The van der Waals surface area contributed by atoms with Crippen molar-refractivity contribution in [1.29, 1.82) is 0 Å². The topological polar surface area (TPSA) is 112 Å². The molecule has 0 unspecified atom stereocenters. The fourth-order valence-electron chi connectivity index (χ4n) is 1.62. The van der Waals surface area contributed by atoms with Crippen LogP contribution in [-0.4, -0.2) is 32.4 Å². The van der Waals surface area contributed by atoms with Crippen molar-refractivity contribution in [3.8, 4) is 0 Å². The molecule has 0 fully saturated rings. The lowest BCUT2D eigenvalue weighted by molar-refractivity contribution is -0.143. The lowest BCUT2D eigenvalue weighted by Gasteiger charge is -2.07. The molecule has 0 aliphatic rings. The first-order valence-electron chi connectivity index (χ1n) is 7.34. The normalized spacial score (nSPS) is 9.74. The van der Waals surface area contributed by atoms with E-state index in [0.717, 1.165) is 0 Å². The summed E-state index contributed by atoms with van der Waals surface area (Å²) in [5, 5.41) is 10.2. The second-order valence-corrected chi connectivity index (χ2v) is 4.16. The van der Waals surface area contributed by atoms with Crippen molar-refractivity contribution in [3.05, 3.63) is 34.1 Å². The number of nitrogens with zero attached hydrogens (tertiary/aromatic N) is 4. The summed E-state index contributed by atoms with van der Waals surface area (Å²) in [6.45, 7) is 7.80. The zero-order valence-electron chi connectivity index (χ0n) is 13.7. The average molecular weight is 323 g/mol. The summed E-state index contributed by atoms with van der Waals surface area (Å²) in [6.07, 6.45) is 2.85. The number of esters is 1. The van der Waals surface area contributed by atoms with Gasteiger partial charge in [0, 0.05) is 12.4 Å². The van der Waals surface area contributed by atoms with Crippen LogP contribution in [0.1, 0.15) is 32.2 Å². The number of hydrogen-bond donors (Lipinski definition) is 1. The van der Waals surface area contributed by atoms with E-state index in [0.29, 0.717) is 11.4 Å². The lowest BCUT2D eigenvalue weighted by Crippen LogP contribution is -2.28. The minimum Gasteiger partial charge on any atom is -0.465 e. The third kappa shape index (κ3) is 5.20. The molecule has 9 heteroatoms. The number of carbonyl (C=O) groups excluding carboxylic acids is 1. The second-order valence-electron chi connectivity index (χ2n) is 4.16. The molecule has 2 rings (SSSR count). The maximum Gasteiger partial charge on any atom is 0.326 e. The summed E-state index contributed by atoms with van der Waals surface area (Å²) in [7, 11) is 0. The number of anilines is 1. The van der Waals surface area contributed by atoms with Gasteiger partial charge in [0.1, 0.15) is 17.9 Å². The van der Waals surface area contributed by atoms with Gasteiger partial charge in [-0.1, -0.05) is 24.2 Å². The highest BCUT2D eigenvalue weighted by atomic mass is 16.6. The Morgan fingerprint density at radius 1 is 1.39 bits per heavy atom. The van der Waals surface area contributed by atoms with Crippen LogP contribution in [0.3, 0.4) is 0 Å². The third-order valence-electron chi connectivity index (χ3n) is 2.69. The van der Waals surface area contributed by atoms with Crippen molar-refractivity contribution in [3.63, 3.8) is 0 Å². The van der Waals surface area contributed by atoms with Crippen LogP contribution < -0.4 is 10.9 Å². The molecule has 0 radical (unpaired) electrons. The van der Waals surface area contributed by atoms with Crippen LogP contribution in [0.2, 0.25) is 0 Å². The number of hydrogen-bond acceptors (Lipinski definition) is 8. The van der Waals surface area contributed by atoms with E-state index < -0.39 is 11.5 Å². The van der Waals surface area contributed by atoms with Gasteiger partial charge in [0.25, 0.3) is 5.56 Å². The van der Waals surface area contributed by atoms with Gasteiger partial charge in [0.2, 0.25) is 0 Å². The first kappa shape index (κ1) is 18.3. The first-order chi connectivity index (χ1) is 11.1. The van der Waals surface area contributed by atoms with Gasteiger partial charge in [0.05, 0.1) is 13.2 Å². The second kappa shape index (κ2) is 9.34. The highest BCUT2D eigenvalue weighted by Crippen LogP contribution is 2.03. The van der Waals surface area contributed by atoms with Crippen molar-refractivity contribution < 1.29 is 14.2 Å². The molecule has 1 N–H and O–H groups in total. The van der Waals surface area contributed by atoms with Crippen LogP contribution in [0.4, 0.5) is 5.82 Å². The predicted octanol–water partition coefficient (Wildman–Crippen LogP) is 1.14. The minimum atomic E-state index is -0.478. The number of ether oxygens (including phenoxy) is 1. The van der Waals surface area contributed by atoms with E-state index in [9.17, 15) is 9.59 Å². The number of aromatic nitrogens is 4. The Morgan fingerprint density at radius 2 is 2.13 bits per heavy atom. The highest BCUT2D eigenvalue weighted by Gasteiger charge is 2.10. The lowest BCUT2D eigenvalue weighted by atomic mass is 10.3. The predicted molar refractivity (Wildman–Crippen MR) is 82.8 cm³/mol. The van der Waals surface area contributed by atoms with E-state index in [2.05, 4.69) is 25.2 Å². The fourth-order valence-corrected chi connectivity index (χ4v) is 1.62. The Hall–Kier alpha value is -2.71. The van der Waals surface area contributed by atoms with E-state index in [-0.39, 0.29) is 25.5 Å². The van der Waals surface area contributed by atoms with Gasteiger partial charge >= 0.3 is 5.97 Å². The molecule has 2 heterocycles. The van der Waals surface area contributed by atoms with Gasteiger partial charge in [-0.15, -0.1) is 0 Å². The van der Waals surface area contributed by atoms with E-state index in [4.69, 9.17) is 4.74 Å². The van der Waals surface area contributed by atoms with E-state index in [1.807, 2.05) is 13.8 Å². The van der Waals surface area contributed by atoms with E-state index in [1.54, 1.807) is 13.8 Å². The summed E-state index contributed by atoms with van der Waals surface area (Å²) < 4.78 is 10.6. The molecule has 0 saturated carbocycles. The maximum atomic E-state index is 12.1. The molecular formula is C14H21N5O4. The Labute approximate surface area is 133 Å². The van der Waals surface area contributed by atoms with Crippen molar-refractivity contribution in [2.45, 2.75) is 40.8 Å². The SMILES string of the molecule is CC.CCOC(=O)Cn1ccnc(NCc2nonc2C)c1=O. The molecule has 0 saturated heterocycles. The van der Waals surface area contributed by atoms with Crippen molar-refractivity contribution in [1.82, 2.24) is 19.9 Å². The van der Waals surface area contributed by atoms with Gasteiger partial charge in [-0.25, -0.2) is 9.61 Å². The number of nitrogens with one attached hydrogen (secondary N) is 1. The summed E-state index contributed by atoms with van der Waals surface area (Å²) in [5.74, 6) is -0.363. The largest absolute Gasteiger partial charge is 0.465 e. The molecule has 0 aliphatic heterocycles. The molecule has 23 heavy (non-hydrogen) atoms. The van der Waals surface area contributed by atoms with Gasteiger partial charge in [-0.3, -0.25) is 14.2 Å². The number of carbonyl (C=O) groups is 1.